The van der Waals surface area contributed by atoms with Crippen LogP contribution in [0.3, 0.4) is 0 Å². The van der Waals surface area contributed by atoms with Gasteiger partial charge in [-0.25, -0.2) is 28.7 Å². The molecule has 2 aliphatic rings. The standard InChI is InChI=1S/C26H24F2N8O3/c1-3-38-15-8-17(27)16(18(28)9-15)10-36-22(14-4-5-14)13(2)21(35-36)24-33-25(31-19-6-7-29-12-30-19)23-26(34-24)32-20(37)11-39-23/h6-9,12,14H,3-5,10-11H2,1-2H3,(H2,29,30,31,32,33,34,37). The number of anilines is 3. The van der Waals surface area contributed by atoms with Crippen LogP contribution in [0, 0.1) is 18.6 Å². The Kier molecular flexibility index (Phi) is 6.25. The Hall–Kier alpha value is -4.68. The molecule has 4 aromatic rings. The van der Waals surface area contributed by atoms with Crippen LogP contribution in [0.1, 0.15) is 42.5 Å². The first-order chi connectivity index (χ1) is 18.9. The van der Waals surface area contributed by atoms with Crippen molar-refractivity contribution in [2.45, 2.75) is 39.2 Å². The fourth-order valence-corrected chi connectivity index (χ4v) is 4.56. The first-order valence-electron chi connectivity index (χ1n) is 12.5. The van der Waals surface area contributed by atoms with Gasteiger partial charge in [-0.2, -0.15) is 5.10 Å². The average molecular weight is 535 g/mol. The highest BCUT2D eigenvalue weighted by molar-refractivity contribution is 5.96. The predicted molar refractivity (Wildman–Crippen MR) is 136 cm³/mol. The summed E-state index contributed by atoms with van der Waals surface area (Å²) in [6.07, 6.45) is 4.83. The smallest absolute Gasteiger partial charge is 0.263 e. The van der Waals surface area contributed by atoms with Gasteiger partial charge in [0.1, 0.15) is 35.2 Å². The second-order valence-electron chi connectivity index (χ2n) is 9.22. The summed E-state index contributed by atoms with van der Waals surface area (Å²) in [6.45, 7) is 3.62. The van der Waals surface area contributed by atoms with Gasteiger partial charge in [0, 0.05) is 41.1 Å². The highest BCUT2D eigenvalue weighted by atomic mass is 19.1. The molecule has 11 nitrogen and oxygen atoms in total. The van der Waals surface area contributed by atoms with Crippen molar-refractivity contribution in [1.29, 1.82) is 0 Å². The Morgan fingerprint density at radius 2 is 2.03 bits per heavy atom. The minimum atomic E-state index is -0.712. The topological polar surface area (TPSA) is 129 Å². The van der Waals surface area contributed by atoms with E-state index in [0.717, 1.165) is 24.1 Å². The Labute approximate surface area is 221 Å². The van der Waals surface area contributed by atoms with E-state index in [0.29, 0.717) is 18.1 Å². The van der Waals surface area contributed by atoms with E-state index in [9.17, 15) is 13.6 Å². The summed E-state index contributed by atoms with van der Waals surface area (Å²) in [6, 6.07) is 4.01. The van der Waals surface area contributed by atoms with Crippen LogP contribution >= 0.6 is 0 Å². The van der Waals surface area contributed by atoms with Crippen molar-refractivity contribution in [3.05, 3.63) is 59.2 Å². The summed E-state index contributed by atoms with van der Waals surface area (Å²) in [5.41, 5.74) is 1.97. The maximum absolute atomic E-state index is 14.9. The van der Waals surface area contributed by atoms with E-state index < -0.39 is 11.6 Å². The maximum Gasteiger partial charge on any atom is 0.263 e. The van der Waals surface area contributed by atoms with Crippen molar-refractivity contribution in [2.24, 2.45) is 0 Å². The molecule has 1 amide bonds. The van der Waals surface area contributed by atoms with Crippen molar-refractivity contribution in [2.75, 3.05) is 23.8 Å². The van der Waals surface area contributed by atoms with Crippen molar-refractivity contribution in [1.82, 2.24) is 29.7 Å². The Bertz CT molecular complexity index is 1550. The van der Waals surface area contributed by atoms with Crippen molar-refractivity contribution in [3.63, 3.8) is 0 Å². The second kappa shape index (κ2) is 9.89. The van der Waals surface area contributed by atoms with Crippen LogP contribution < -0.4 is 20.1 Å². The molecule has 1 fully saturated rings. The molecule has 0 radical (unpaired) electrons. The summed E-state index contributed by atoms with van der Waals surface area (Å²) < 4.78 is 42.3. The van der Waals surface area contributed by atoms with E-state index in [4.69, 9.17) is 14.6 Å². The van der Waals surface area contributed by atoms with Crippen LogP contribution in [-0.4, -0.2) is 48.8 Å². The van der Waals surface area contributed by atoms with Gasteiger partial charge in [0.2, 0.25) is 5.75 Å². The number of carbonyl (C=O) groups excluding carboxylic acids is 1. The monoisotopic (exact) mass is 534 g/mol. The minimum Gasteiger partial charge on any atom is -0.494 e. The van der Waals surface area contributed by atoms with Gasteiger partial charge in [0.05, 0.1) is 13.2 Å². The SMILES string of the molecule is CCOc1cc(F)c(Cn2nc(-c3nc4c(c(Nc5ccncn5)n3)OCC(=O)N4)c(C)c2C2CC2)c(F)c1. The number of hydrogen-bond acceptors (Lipinski definition) is 9. The molecule has 3 aromatic heterocycles. The van der Waals surface area contributed by atoms with Gasteiger partial charge in [-0.3, -0.25) is 9.48 Å². The highest BCUT2D eigenvalue weighted by Gasteiger charge is 2.33. The van der Waals surface area contributed by atoms with Crippen LogP contribution in [0.5, 0.6) is 11.5 Å². The minimum absolute atomic E-state index is 0.117. The molecule has 4 heterocycles. The normalized spacial score (nSPS) is 14.4. The lowest BCUT2D eigenvalue weighted by atomic mass is 10.1. The van der Waals surface area contributed by atoms with E-state index in [-0.39, 0.29) is 59.5 Å². The third kappa shape index (κ3) is 4.82. The molecule has 0 unspecified atom stereocenters. The van der Waals surface area contributed by atoms with Gasteiger partial charge < -0.3 is 20.1 Å². The number of nitrogens with zero attached hydrogens (tertiary/aromatic N) is 6. The van der Waals surface area contributed by atoms with E-state index in [2.05, 4.69) is 30.6 Å². The molecule has 0 spiro atoms. The van der Waals surface area contributed by atoms with E-state index in [1.54, 1.807) is 23.9 Å². The third-order valence-electron chi connectivity index (χ3n) is 6.45. The molecule has 0 atom stereocenters. The fraction of sp³-hybridized carbons (Fsp3) is 0.308. The zero-order chi connectivity index (χ0) is 27.1. The maximum atomic E-state index is 14.9. The quantitative estimate of drug-likeness (QED) is 0.343. The van der Waals surface area contributed by atoms with Gasteiger partial charge >= 0.3 is 0 Å². The van der Waals surface area contributed by atoms with E-state index in [1.807, 2.05) is 6.92 Å². The molecule has 39 heavy (non-hydrogen) atoms. The molecule has 0 bridgehead atoms. The molecule has 1 aliphatic heterocycles. The highest BCUT2D eigenvalue weighted by Crippen LogP contribution is 2.44. The van der Waals surface area contributed by atoms with Gasteiger partial charge in [-0.1, -0.05) is 0 Å². The number of hydrogen-bond donors (Lipinski definition) is 2. The summed E-state index contributed by atoms with van der Waals surface area (Å²) in [5.74, 6) is -0.0604. The molecule has 200 valence electrons. The zero-order valence-electron chi connectivity index (χ0n) is 21.2. The number of aromatic nitrogens is 6. The molecule has 2 N–H and O–H groups in total. The molecular formula is C26H24F2N8O3. The lowest BCUT2D eigenvalue weighted by Crippen LogP contribution is -2.27. The van der Waals surface area contributed by atoms with E-state index >= 15 is 0 Å². The van der Waals surface area contributed by atoms with Gasteiger partial charge in [0.25, 0.3) is 5.91 Å². The number of halogens is 2. The van der Waals surface area contributed by atoms with Gasteiger partial charge in [0.15, 0.2) is 24.1 Å². The average Bonchev–Trinajstić information content (AvgIpc) is 3.69. The van der Waals surface area contributed by atoms with Crippen LogP contribution in [-0.2, 0) is 11.3 Å². The summed E-state index contributed by atoms with van der Waals surface area (Å²) in [5, 5.41) is 10.5. The lowest BCUT2D eigenvalue weighted by molar-refractivity contribution is -0.118. The number of rotatable bonds is 8. The number of ether oxygens (including phenoxy) is 2. The number of amides is 1. The molecule has 1 aliphatic carbocycles. The molecule has 1 aromatic carbocycles. The number of nitrogens with one attached hydrogen (secondary N) is 2. The van der Waals surface area contributed by atoms with Crippen molar-refractivity contribution >= 4 is 23.4 Å². The summed E-state index contributed by atoms with van der Waals surface area (Å²) in [4.78, 5) is 29.3. The van der Waals surface area contributed by atoms with Crippen molar-refractivity contribution < 1.29 is 23.0 Å². The van der Waals surface area contributed by atoms with Gasteiger partial charge in [-0.15, -0.1) is 0 Å². The molecule has 6 rings (SSSR count). The second-order valence-corrected chi connectivity index (χ2v) is 9.22. The Morgan fingerprint density at radius 3 is 2.72 bits per heavy atom. The molecule has 0 saturated heterocycles. The number of fused-ring (bicyclic) bond motifs is 1. The Balaban J connectivity index is 1.43. The van der Waals surface area contributed by atoms with Crippen molar-refractivity contribution in [3.8, 4) is 23.0 Å². The van der Waals surface area contributed by atoms with Gasteiger partial charge in [-0.05, 0) is 32.8 Å². The first kappa shape index (κ1) is 24.6. The van der Waals surface area contributed by atoms with Crippen LogP contribution in [0.25, 0.3) is 11.5 Å². The number of carbonyl (C=O) groups is 1. The van der Waals surface area contributed by atoms with Crippen LogP contribution in [0.2, 0.25) is 0 Å². The zero-order valence-corrected chi connectivity index (χ0v) is 21.2. The third-order valence-corrected chi connectivity index (χ3v) is 6.45. The lowest BCUT2D eigenvalue weighted by Gasteiger charge is -2.20. The van der Waals surface area contributed by atoms with E-state index in [1.165, 1.54) is 18.5 Å². The Morgan fingerprint density at radius 1 is 1.23 bits per heavy atom. The summed E-state index contributed by atoms with van der Waals surface area (Å²) in [7, 11) is 0. The molecule has 1 saturated carbocycles. The number of benzene rings is 1. The molecular weight excluding hydrogens is 510 g/mol. The fourth-order valence-electron chi connectivity index (χ4n) is 4.56. The first-order valence-corrected chi connectivity index (χ1v) is 12.5. The predicted octanol–water partition coefficient (Wildman–Crippen LogP) is 4.12. The van der Waals surface area contributed by atoms with Crippen LogP contribution in [0.15, 0.2) is 30.7 Å². The molecule has 13 heteroatoms. The van der Waals surface area contributed by atoms with Crippen LogP contribution in [0.4, 0.5) is 26.2 Å². The summed E-state index contributed by atoms with van der Waals surface area (Å²) >= 11 is 0. The largest absolute Gasteiger partial charge is 0.494 e.